The van der Waals surface area contributed by atoms with Gasteiger partial charge in [-0.15, -0.1) is 5.10 Å². The predicted molar refractivity (Wildman–Crippen MR) is 138 cm³/mol. The number of para-hydroxylation sites is 2. The van der Waals surface area contributed by atoms with E-state index in [1.54, 1.807) is 24.1 Å². The number of hydrogen-bond donors (Lipinski definition) is 1. The standard InChI is InChI=1S/C27H24N4O4S/c1-34-20-13-11-19(12-14-20)24-25(36-30-29-24)27(33)31-17-23(35-22-10-6-5-9-21(22)31)26(32)28-16-15-18-7-3-2-4-8-18/h2-14,23H,15-17H2,1H3,(H,28,32). The largest absolute Gasteiger partial charge is 0.497 e. The number of nitrogens with one attached hydrogen (secondary N) is 1. The molecule has 0 bridgehead atoms. The molecule has 0 fully saturated rings. The average molecular weight is 501 g/mol. The SMILES string of the molecule is COc1ccc(-c2nnsc2C(=O)N2CC(C(=O)NCCc3ccccc3)Oc3ccccc32)cc1. The van der Waals surface area contributed by atoms with Gasteiger partial charge >= 0.3 is 0 Å². The number of carbonyl (C=O) groups is 2. The third-order valence-electron chi connectivity index (χ3n) is 5.91. The molecule has 3 aromatic carbocycles. The highest BCUT2D eigenvalue weighted by molar-refractivity contribution is 7.08. The lowest BCUT2D eigenvalue weighted by atomic mass is 10.1. The van der Waals surface area contributed by atoms with Crippen molar-refractivity contribution in [3.8, 4) is 22.8 Å². The summed E-state index contributed by atoms with van der Waals surface area (Å²) in [6.07, 6.45) is -0.138. The van der Waals surface area contributed by atoms with Gasteiger partial charge in [0.05, 0.1) is 19.3 Å². The number of nitrogens with zero attached hydrogens (tertiary/aromatic N) is 3. The third-order valence-corrected chi connectivity index (χ3v) is 6.63. The van der Waals surface area contributed by atoms with E-state index in [2.05, 4.69) is 14.9 Å². The lowest BCUT2D eigenvalue weighted by Gasteiger charge is -2.34. The molecule has 1 unspecified atom stereocenters. The van der Waals surface area contributed by atoms with Crippen LogP contribution in [-0.2, 0) is 11.2 Å². The summed E-state index contributed by atoms with van der Waals surface area (Å²) in [6, 6.07) is 24.4. The Bertz CT molecular complexity index is 1360. The van der Waals surface area contributed by atoms with Gasteiger partial charge in [0.15, 0.2) is 6.10 Å². The highest BCUT2D eigenvalue weighted by Gasteiger charge is 2.35. The van der Waals surface area contributed by atoms with Crippen molar-refractivity contribution in [2.24, 2.45) is 0 Å². The minimum Gasteiger partial charge on any atom is -0.497 e. The predicted octanol–water partition coefficient (Wildman–Crippen LogP) is 3.98. The van der Waals surface area contributed by atoms with Crippen LogP contribution in [0.3, 0.4) is 0 Å². The Hall–Kier alpha value is -4.24. The zero-order chi connectivity index (χ0) is 24.9. The monoisotopic (exact) mass is 500 g/mol. The Kier molecular flexibility index (Phi) is 6.90. The van der Waals surface area contributed by atoms with E-state index in [0.717, 1.165) is 22.7 Å². The second kappa shape index (κ2) is 10.6. The number of aromatic nitrogens is 2. The number of carbonyl (C=O) groups excluding carboxylic acids is 2. The minimum atomic E-state index is -0.843. The normalized spacial score (nSPS) is 14.5. The Morgan fingerprint density at radius 3 is 2.58 bits per heavy atom. The summed E-state index contributed by atoms with van der Waals surface area (Å²) in [6.45, 7) is 0.547. The van der Waals surface area contributed by atoms with Gasteiger partial charge in [0, 0.05) is 12.1 Å². The fourth-order valence-electron chi connectivity index (χ4n) is 4.04. The van der Waals surface area contributed by atoms with Crippen LogP contribution >= 0.6 is 11.5 Å². The molecular formula is C27H24N4O4S. The Morgan fingerprint density at radius 1 is 1.06 bits per heavy atom. The fraction of sp³-hybridized carbons (Fsp3) is 0.185. The fourth-order valence-corrected chi connectivity index (χ4v) is 4.68. The van der Waals surface area contributed by atoms with E-state index >= 15 is 0 Å². The van der Waals surface area contributed by atoms with Gasteiger partial charge in [-0.2, -0.15) is 0 Å². The van der Waals surface area contributed by atoms with Gasteiger partial charge < -0.3 is 14.8 Å². The molecule has 1 N–H and O–H groups in total. The van der Waals surface area contributed by atoms with Crippen LogP contribution in [0.5, 0.6) is 11.5 Å². The van der Waals surface area contributed by atoms with Crippen molar-refractivity contribution in [2.75, 3.05) is 25.1 Å². The Morgan fingerprint density at radius 2 is 1.81 bits per heavy atom. The van der Waals surface area contributed by atoms with Crippen LogP contribution in [0.15, 0.2) is 78.9 Å². The molecule has 8 nitrogen and oxygen atoms in total. The first-order chi connectivity index (χ1) is 17.6. The lowest BCUT2D eigenvalue weighted by Crippen LogP contribution is -2.51. The van der Waals surface area contributed by atoms with Gasteiger partial charge in [-0.25, -0.2) is 0 Å². The van der Waals surface area contributed by atoms with Crippen molar-refractivity contribution >= 4 is 29.0 Å². The van der Waals surface area contributed by atoms with Crippen LogP contribution in [0.2, 0.25) is 0 Å². The molecule has 182 valence electrons. The molecule has 1 aromatic heterocycles. The summed E-state index contributed by atoms with van der Waals surface area (Å²) in [5.41, 5.74) is 2.98. The van der Waals surface area contributed by atoms with E-state index in [-0.39, 0.29) is 18.4 Å². The molecule has 0 spiro atoms. The van der Waals surface area contributed by atoms with Crippen LogP contribution in [0.1, 0.15) is 15.2 Å². The van der Waals surface area contributed by atoms with Crippen molar-refractivity contribution in [1.29, 1.82) is 0 Å². The number of ether oxygens (including phenoxy) is 2. The number of benzene rings is 3. The van der Waals surface area contributed by atoms with Crippen LogP contribution in [0.4, 0.5) is 5.69 Å². The molecule has 1 aliphatic rings. The maximum Gasteiger partial charge on any atom is 0.272 e. The molecule has 0 aliphatic carbocycles. The number of amides is 2. The number of methoxy groups -OCH3 is 1. The zero-order valence-corrected chi connectivity index (χ0v) is 20.4. The molecule has 2 amide bonds. The second-order valence-corrected chi connectivity index (χ2v) is 8.95. The lowest BCUT2D eigenvalue weighted by molar-refractivity contribution is -0.127. The number of rotatable bonds is 7. The van der Waals surface area contributed by atoms with Crippen molar-refractivity contribution < 1.29 is 19.1 Å². The summed E-state index contributed by atoms with van der Waals surface area (Å²) in [7, 11) is 1.60. The summed E-state index contributed by atoms with van der Waals surface area (Å²) >= 11 is 1.03. The van der Waals surface area contributed by atoms with Crippen LogP contribution in [0, 0.1) is 0 Å². The molecule has 1 atom stereocenters. The van der Waals surface area contributed by atoms with Gasteiger partial charge in [-0.3, -0.25) is 14.5 Å². The molecule has 1 aliphatic heterocycles. The van der Waals surface area contributed by atoms with E-state index in [1.165, 1.54) is 0 Å². The first-order valence-electron chi connectivity index (χ1n) is 11.5. The molecular weight excluding hydrogens is 476 g/mol. The number of fused-ring (bicyclic) bond motifs is 1. The maximum absolute atomic E-state index is 13.8. The smallest absolute Gasteiger partial charge is 0.272 e. The first kappa shape index (κ1) is 23.5. The molecule has 0 radical (unpaired) electrons. The third kappa shape index (κ3) is 4.92. The van der Waals surface area contributed by atoms with Crippen LogP contribution in [-0.4, -0.2) is 47.7 Å². The second-order valence-electron chi connectivity index (χ2n) is 8.20. The average Bonchev–Trinajstić information content (AvgIpc) is 3.42. The van der Waals surface area contributed by atoms with Crippen molar-refractivity contribution in [3.05, 3.63) is 89.3 Å². The Balaban J connectivity index is 1.35. The van der Waals surface area contributed by atoms with Crippen LogP contribution < -0.4 is 19.7 Å². The van der Waals surface area contributed by atoms with Crippen molar-refractivity contribution in [2.45, 2.75) is 12.5 Å². The van der Waals surface area contributed by atoms with Gasteiger partial charge in [0.2, 0.25) is 0 Å². The molecule has 0 saturated carbocycles. The Labute approximate surface area is 212 Å². The van der Waals surface area contributed by atoms with E-state index < -0.39 is 6.10 Å². The highest BCUT2D eigenvalue weighted by atomic mass is 32.1. The molecule has 5 rings (SSSR count). The van der Waals surface area contributed by atoms with E-state index in [0.29, 0.717) is 40.7 Å². The summed E-state index contributed by atoms with van der Waals surface area (Å²) in [5.74, 6) is 0.631. The van der Waals surface area contributed by atoms with Crippen molar-refractivity contribution in [3.63, 3.8) is 0 Å². The molecule has 36 heavy (non-hydrogen) atoms. The van der Waals surface area contributed by atoms with Crippen LogP contribution in [0.25, 0.3) is 11.3 Å². The number of anilines is 1. The zero-order valence-electron chi connectivity index (χ0n) is 19.6. The highest BCUT2D eigenvalue weighted by Crippen LogP contribution is 2.36. The summed E-state index contributed by atoms with van der Waals surface area (Å²) < 4.78 is 15.3. The first-order valence-corrected chi connectivity index (χ1v) is 12.3. The minimum absolute atomic E-state index is 0.0764. The molecule has 4 aromatic rings. The van der Waals surface area contributed by atoms with Gasteiger partial charge in [0.1, 0.15) is 22.1 Å². The van der Waals surface area contributed by atoms with Gasteiger partial charge in [-0.1, -0.05) is 47.0 Å². The van der Waals surface area contributed by atoms with Crippen molar-refractivity contribution in [1.82, 2.24) is 14.9 Å². The quantitative estimate of drug-likeness (QED) is 0.413. The van der Waals surface area contributed by atoms with E-state index in [4.69, 9.17) is 9.47 Å². The van der Waals surface area contributed by atoms with E-state index in [1.807, 2.05) is 66.7 Å². The van der Waals surface area contributed by atoms with Gasteiger partial charge in [0.25, 0.3) is 11.8 Å². The summed E-state index contributed by atoms with van der Waals surface area (Å²) in [5, 5.41) is 7.15. The van der Waals surface area contributed by atoms with E-state index in [9.17, 15) is 9.59 Å². The summed E-state index contributed by atoms with van der Waals surface area (Å²) in [4.78, 5) is 28.7. The van der Waals surface area contributed by atoms with Gasteiger partial charge in [-0.05, 0) is 59.9 Å². The topological polar surface area (TPSA) is 93.7 Å². The molecule has 9 heteroatoms. The molecule has 0 saturated heterocycles. The molecule has 2 heterocycles. The maximum atomic E-state index is 13.8. The number of hydrogen-bond acceptors (Lipinski definition) is 7.